The summed E-state index contributed by atoms with van der Waals surface area (Å²) in [5.74, 6) is 0.717. The van der Waals surface area contributed by atoms with Gasteiger partial charge in [-0.25, -0.2) is 9.37 Å². The standard InChI is InChI=1S/C42H32FN3S/c1-42(2)32-19-18-26(40(43)25-11-10-12-27(21-25)41-45-34-14-5-6-16-36(34)46(41)3)22-30(32)39(35-15-8-9-20-44-35)31-24-38-29(23-33(31)42)28-13-4-7-17-37(28)47-38/h4-24,39-40H,1-3H3. The largest absolute Gasteiger partial charge is 0.327 e. The van der Waals surface area contributed by atoms with E-state index in [-0.39, 0.29) is 11.3 Å². The maximum atomic E-state index is 16.7. The lowest BCUT2D eigenvalue weighted by molar-refractivity contribution is 0.401. The molecule has 0 saturated heterocycles. The van der Waals surface area contributed by atoms with Crippen LogP contribution in [0.1, 0.15) is 65.0 Å². The van der Waals surface area contributed by atoms with E-state index in [9.17, 15) is 0 Å². The maximum Gasteiger partial charge on any atom is 0.150 e. The number of thiophene rings is 1. The number of benzene rings is 5. The van der Waals surface area contributed by atoms with Crippen LogP contribution in [-0.2, 0) is 12.5 Å². The van der Waals surface area contributed by atoms with Crippen molar-refractivity contribution >= 4 is 42.5 Å². The summed E-state index contributed by atoms with van der Waals surface area (Å²) >= 11 is 1.83. The van der Waals surface area contributed by atoms with Crippen LogP contribution < -0.4 is 0 Å². The Labute approximate surface area is 277 Å². The van der Waals surface area contributed by atoms with Gasteiger partial charge in [0.15, 0.2) is 6.17 Å². The van der Waals surface area contributed by atoms with E-state index >= 15 is 4.39 Å². The van der Waals surface area contributed by atoms with E-state index in [4.69, 9.17) is 9.97 Å². The monoisotopic (exact) mass is 629 g/mol. The van der Waals surface area contributed by atoms with Gasteiger partial charge in [-0.3, -0.25) is 4.98 Å². The number of para-hydroxylation sites is 2. The van der Waals surface area contributed by atoms with Crippen LogP contribution in [0.4, 0.5) is 4.39 Å². The molecule has 0 spiro atoms. The van der Waals surface area contributed by atoms with Crippen LogP contribution in [0.15, 0.2) is 128 Å². The van der Waals surface area contributed by atoms with Crippen molar-refractivity contribution in [2.45, 2.75) is 31.4 Å². The van der Waals surface area contributed by atoms with Crippen LogP contribution >= 0.6 is 11.3 Å². The first-order valence-corrected chi connectivity index (χ1v) is 16.9. The minimum absolute atomic E-state index is 0.109. The lowest BCUT2D eigenvalue weighted by Crippen LogP contribution is -2.30. The summed E-state index contributed by atoms with van der Waals surface area (Å²) in [6, 6.07) is 41.6. The van der Waals surface area contributed by atoms with E-state index < -0.39 is 6.17 Å². The molecule has 0 radical (unpaired) electrons. The van der Waals surface area contributed by atoms with Crippen LogP contribution in [-0.4, -0.2) is 14.5 Å². The molecular formula is C42H32FN3S. The zero-order chi connectivity index (χ0) is 31.9. The molecule has 0 fully saturated rings. The van der Waals surface area contributed by atoms with Crippen LogP contribution in [0.5, 0.6) is 0 Å². The predicted molar refractivity (Wildman–Crippen MR) is 192 cm³/mol. The molecule has 2 unspecified atom stereocenters. The number of halogens is 1. The number of nitrogens with zero attached hydrogens (tertiary/aromatic N) is 3. The highest BCUT2D eigenvalue weighted by Gasteiger charge is 2.39. The second-order valence-electron chi connectivity index (χ2n) is 13.2. The number of rotatable bonds is 4. The van der Waals surface area contributed by atoms with Crippen LogP contribution in [0.3, 0.4) is 0 Å². The fraction of sp³-hybridized carbons (Fsp3) is 0.143. The first-order chi connectivity index (χ1) is 22.9. The van der Waals surface area contributed by atoms with Crippen molar-refractivity contribution in [1.82, 2.24) is 14.5 Å². The molecule has 8 aromatic rings. The first-order valence-electron chi connectivity index (χ1n) is 16.1. The fourth-order valence-electron chi connectivity index (χ4n) is 7.72. The number of fused-ring (bicyclic) bond motifs is 6. The third kappa shape index (κ3) is 4.30. The Morgan fingerprint density at radius 1 is 0.723 bits per heavy atom. The van der Waals surface area contributed by atoms with Crippen molar-refractivity contribution in [3.8, 4) is 11.4 Å². The molecule has 0 N–H and O–H groups in total. The molecule has 3 nitrogen and oxygen atoms in total. The highest BCUT2D eigenvalue weighted by atomic mass is 32.1. The third-order valence-electron chi connectivity index (χ3n) is 10.1. The van der Waals surface area contributed by atoms with Crippen molar-refractivity contribution in [3.63, 3.8) is 0 Å². The Kier molecular flexibility index (Phi) is 6.25. The van der Waals surface area contributed by atoms with Gasteiger partial charge in [-0.1, -0.05) is 86.6 Å². The summed E-state index contributed by atoms with van der Waals surface area (Å²) in [7, 11) is 2.01. The molecule has 5 aromatic carbocycles. The molecule has 228 valence electrons. The van der Waals surface area contributed by atoms with Gasteiger partial charge in [0.25, 0.3) is 0 Å². The molecule has 3 heterocycles. The SMILES string of the molecule is Cn1c(-c2cccc(C(F)c3ccc4c(c3)C(c3ccccn3)c3cc5sc6ccccc6c5cc3C4(C)C)c2)nc2ccccc21. The van der Waals surface area contributed by atoms with Gasteiger partial charge in [-0.2, -0.15) is 0 Å². The highest BCUT2D eigenvalue weighted by molar-refractivity contribution is 7.25. The van der Waals surface area contributed by atoms with Crippen molar-refractivity contribution in [2.75, 3.05) is 0 Å². The Morgan fingerprint density at radius 2 is 1.51 bits per heavy atom. The molecule has 1 aliphatic carbocycles. The predicted octanol–water partition coefficient (Wildman–Crippen LogP) is 10.9. The van der Waals surface area contributed by atoms with Gasteiger partial charge in [0.05, 0.1) is 22.6 Å². The van der Waals surface area contributed by atoms with E-state index in [1.807, 2.05) is 85.2 Å². The normalized spacial score (nSPS) is 16.0. The van der Waals surface area contributed by atoms with Gasteiger partial charge in [0, 0.05) is 44.4 Å². The van der Waals surface area contributed by atoms with E-state index in [0.717, 1.165) is 33.7 Å². The quantitative estimate of drug-likeness (QED) is 0.194. The number of imidazole rings is 1. The van der Waals surface area contributed by atoms with Crippen molar-refractivity contribution in [1.29, 1.82) is 0 Å². The van der Waals surface area contributed by atoms with E-state index in [1.54, 1.807) is 0 Å². The van der Waals surface area contributed by atoms with Gasteiger partial charge in [-0.15, -0.1) is 11.3 Å². The summed E-state index contributed by atoms with van der Waals surface area (Å²) < 4.78 is 21.4. The highest BCUT2D eigenvalue weighted by Crippen LogP contribution is 2.52. The van der Waals surface area contributed by atoms with Gasteiger partial charge >= 0.3 is 0 Å². The number of hydrogen-bond acceptors (Lipinski definition) is 3. The lowest BCUT2D eigenvalue weighted by Gasteiger charge is -2.40. The number of alkyl halides is 1. The topological polar surface area (TPSA) is 30.7 Å². The van der Waals surface area contributed by atoms with Crippen LogP contribution in [0.2, 0.25) is 0 Å². The number of aromatic nitrogens is 3. The molecule has 1 aliphatic rings. The van der Waals surface area contributed by atoms with Gasteiger partial charge < -0.3 is 4.57 Å². The minimum Gasteiger partial charge on any atom is -0.327 e. The number of pyridine rings is 1. The Hall–Kier alpha value is -5.13. The zero-order valence-corrected chi connectivity index (χ0v) is 27.2. The second-order valence-corrected chi connectivity index (χ2v) is 14.2. The summed E-state index contributed by atoms with van der Waals surface area (Å²) in [5.41, 5.74) is 9.72. The van der Waals surface area contributed by atoms with Crippen molar-refractivity contribution in [2.24, 2.45) is 7.05 Å². The van der Waals surface area contributed by atoms with Crippen LogP contribution in [0.25, 0.3) is 42.6 Å². The lowest BCUT2D eigenvalue weighted by atomic mass is 9.64. The minimum atomic E-state index is -1.30. The van der Waals surface area contributed by atoms with E-state index in [0.29, 0.717) is 11.1 Å². The first kappa shape index (κ1) is 28.1. The smallest absolute Gasteiger partial charge is 0.150 e. The maximum absolute atomic E-state index is 16.7. The summed E-state index contributed by atoms with van der Waals surface area (Å²) in [4.78, 5) is 9.74. The summed E-state index contributed by atoms with van der Waals surface area (Å²) in [5, 5.41) is 2.59. The molecule has 0 bridgehead atoms. The molecule has 0 aliphatic heterocycles. The van der Waals surface area contributed by atoms with Gasteiger partial charge in [-0.05, 0) is 81.9 Å². The number of aryl methyl sites for hydroxylation is 1. The zero-order valence-electron chi connectivity index (χ0n) is 26.4. The molecule has 0 saturated carbocycles. The summed E-state index contributed by atoms with van der Waals surface area (Å²) in [6.45, 7) is 4.60. The van der Waals surface area contributed by atoms with E-state index in [1.165, 1.54) is 36.9 Å². The van der Waals surface area contributed by atoms with Crippen molar-refractivity contribution < 1.29 is 4.39 Å². The molecule has 0 amide bonds. The van der Waals surface area contributed by atoms with Gasteiger partial charge in [0.2, 0.25) is 0 Å². The van der Waals surface area contributed by atoms with E-state index in [2.05, 4.69) is 79.1 Å². The molecule has 47 heavy (non-hydrogen) atoms. The Bertz CT molecular complexity index is 2490. The molecule has 9 rings (SSSR count). The molecule has 2 atom stereocenters. The molecular weight excluding hydrogens is 598 g/mol. The van der Waals surface area contributed by atoms with Crippen LogP contribution in [0, 0.1) is 0 Å². The Balaban J connectivity index is 1.19. The van der Waals surface area contributed by atoms with Gasteiger partial charge in [0.1, 0.15) is 5.82 Å². The number of hydrogen-bond donors (Lipinski definition) is 0. The van der Waals surface area contributed by atoms with Crippen molar-refractivity contribution in [3.05, 3.63) is 167 Å². The third-order valence-corrected chi connectivity index (χ3v) is 11.2. The average Bonchev–Trinajstić information content (AvgIpc) is 3.64. The Morgan fingerprint density at radius 3 is 2.36 bits per heavy atom. The second kappa shape index (κ2) is 10.4. The molecule has 3 aromatic heterocycles. The molecule has 5 heteroatoms. The fourth-order valence-corrected chi connectivity index (χ4v) is 8.86. The summed E-state index contributed by atoms with van der Waals surface area (Å²) in [6.07, 6.45) is 0.565. The average molecular weight is 630 g/mol.